The van der Waals surface area contributed by atoms with Crippen LogP contribution in [0.1, 0.15) is 24.8 Å². The van der Waals surface area contributed by atoms with Crippen LogP contribution in [0, 0.1) is 11.6 Å². The number of carbonyl (C=O) groups excluding carboxylic acids is 1. The summed E-state index contributed by atoms with van der Waals surface area (Å²) in [7, 11) is 0. The Morgan fingerprint density at radius 3 is 2.43 bits per heavy atom. The molecule has 2 nitrogen and oxygen atoms in total. The molecule has 0 spiro atoms. The smallest absolute Gasteiger partial charge is 0.235 e. The first-order valence-corrected chi connectivity index (χ1v) is 6.94. The summed E-state index contributed by atoms with van der Waals surface area (Å²) in [4.78, 5) is 12.6. The van der Waals surface area contributed by atoms with Gasteiger partial charge in [-0.05, 0) is 37.1 Å². The van der Waals surface area contributed by atoms with E-state index in [1.165, 1.54) is 24.3 Å². The second kappa shape index (κ2) is 5.28. The molecule has 1 saturated carbocycles. The Kier molecular flexibility index (Phi) is 3.45. The van der Waals surface area contributed by atoms with Gasteiger partial charge >= 0.3 is 0 Å². The van der Waals surface area contributed by atoms with Crippen LogP contribution in [0.25, 0.3) is 0 Å². The van der Waals surface area contributed by atoms with Crippen LogP contribution in [0.3, 0.4) is 0 Å². The average Bonchev–Trinajstić information content (AvgIpc) is 2.39. The van der Waals surface area contributed by atoms with E-state index in [0.29, 0.717) is 24.1 Å². The minimum Gasteiger partial charge on any atom is -0.325 e. The first-order chi connectivity index (χ1) is 10.1. The van der Waals surface area contributed by atoms with Gasteiger partial charge in [0.2, 0.25) is 5.91 Å². The van der Waals surface area contributed by atoms with Gasteiger partial charge in [0.1, 0.15) is 11.6 Å². The number of benzene rings is 2. The Bertz CT molecular complexity index is 680. The molecular weight excluding hydrogens is 272 g/mol. The number of amides is 1. The van der Waals surface area contributed by atoms with Gasteiger partial charge in [0.25, 0.3) is 0 Å². The lowest BCUT2D eigenvalue weighted by molar-refractivity contribution is -0.124. The molecular formula is C17H15F2NO. The highest BCUT2D eigenvalue weighted by atomic mass is 19.1. The molecule has 2 aromatic carbocycles. The van der Waals surface area contributed by atoms with E-state index < -0.39 is 11.2 Å². The third kappa shape index (κ3) is 2.42. The Labute approximate surface area is 121 Å². The van der Waals surface area contributed by atoms with Gasteiger partial charge in [-0.25, -0.2) is 8.78 Å². The second-order valence-electron chi connectivity index (χ2n) is 5.38. The van der Waals surface area contributed by atoms with E-state index in [9.17, 15) is 13.6 Å². The summed E-state index contributed by atoms with van der Waals surface area (Å²) in [5.41, 5.74) is -0.0229. The zero-order valence-corrected chi connectivity index (χ0v) is 11.4. The molecule has 1 aliphatic carbocycles. The van der Waals surface area contributed by atoms with Gasteiger partial charge in [-0.2, -0.15) is 0 Å². The van der Waals surface area contributed by atoms with E-state index in [4.69, 9.17) is 0 Å². The summed E-state index contributed by atoms with van der Waals surface area (Å²) in [6.07, 6.45) is 2.09. The molecule has 0 bridgehead atoms. The van der Waals surface area contributed by atoms with Gasteiger partial charge in [0, 0.05) is 11.3 Å². The number of nitrogens with one attached hydrogen (secondary N) is 1. The molecule has 0 heterocycles. The summed E-state index contributed by atoms with van der Waals surface area (Å²) in [5.74, 6) is -1.06. The highest BCUT2D eigenvalue weighted by molar-refractivity contribution is 5.99. The van der Waals surface area contributed by atoms with Crippen LogP contribution in [0.2, 0.25) is 0 Å². The van der Waals surface area contributed by atoms with Crippen molar-refractivity contribution in [3.8, 4) is 0 Å². The van der Waals surface area contributed by atoms with Crippen LogP contribution in [-0.2, 0) is 10.2 Å². The molecule has 2 aromatic rings. The van der Waals surface area contributed by atoms with Crippen molar-refractivity contribution in [3.63, 3.8) is 0 Å². The van der Waals surface area contributed by atoms with E-state index in [1.54, 1.807) is 24.3 Å². The molecule has 3 rings (SSSR count). The molecule has 108 valence electrons. The van der Waals surface area contributed by atoms with Gasteiger partial charge in [-0.1, -0.05) is 30.7 Å². The number of hydrogen-bond donors (Lipinski definition) is 1. The molecule has 0 saturated heterocycles. The summed E-state index contributed by atoms with van der Waals surface area (Å²) in [6, 6.07) is 12.1. The molecule has 0 atom stereocenters. The van der Waals surface area contributed by atoms with E-state index in [2.05, 4.69) is 5.32 Å². The lowest BCUT2D eigenvalue weighted by atomic mass is 9.63. The van der Waals surface area contributed by atoms with Crippen molar-refractivity contribution in [2.75, 3.05) is 5.32 Å². The zero-order valence-electron chi connectivity index (χ0n) is 11.4. The minimum absolute atomic E-state index is 0.274. The van der Waals surface area contributed by atoms with Gasteiger partial charge in [0.05, 0.1) is 5.41 Å². The van der Waals surface area contributed by atoms with E-state index in [1.807, 2.05) is 0 Å². The van der Waals surface area contributed by atoms with E-state index in [-0.39, 0.29) is 11.7 Å². The molecule has 1 amide bonds. The average molecular weight is 287 g/mol. The molecule has 4 heteroatoms. The van der Waals surface area contributed by atoms with Crippen molar-refractivity contribution < 1.29 is 13.6 Å². The predicted octanol–water partition coefficient (Wildman–Crippen LogP) is 4.03. The Morgan fingerprint density at radius 1 is 1.05 bits per heavy atom. The minimum atomic E-state index is -0.836. The number of halogens is 2. The first kappa shape index (κ1) is 13.7. The van der Waals surface area contributed by atoms with Crippen molar-refractivity contribution in [3.05, 3.63) is 65.7 Å². The third-order valence-corrected chi connectivity index (χ3v) is 4.11. The second-order valence-corrected chi connectivity index (χ2v) is 5.38. The van der Waals surface area contributed by atoms with Crippen molar-refractivity contribution in [1.29, 1.82) is 0 Å². The predicted molar refractivity (Wildman–Crippen MR) is 77.0 cm³/mol. The summed E-state index contributed by atoms with van der Waals surface area (Å²) < 4.78 is 27.2. The Hall–Kier alpha value is -2.23. The highest BCUT2D eigenvalue weighted by Crippen LogP contribution is 2.45. The Morgan fingerprint density at radius 2 is 1.81 bits per heavy atom. The Balaban J connectivity index is 1.90. The standard InChI is InChI=1S/C17H15F2NO/c18-12-5-3-6-13(11-12)20-16(21)17(9-4-10-17)14-7-1-2-8-15(14)19/h1-3,5-8,11H,4,9-10H2,(H,20,21). The van der Waals surface area contributed by atoms with Crippen molar-refractivity contribution in [1.82, 2.24) is 0 Å². The maximum Gasteiger partial charge on any atom is 0.235 e. The lowest BCUT2D eigenvalue weighted by Crippen LogP contribution is -2.46. The monoisotopic (exact) mass is 287 g/mol. The quantitative estimate of drug-likeness (QED) is 0.907. The van der Waals surface area contributed by atoms with Gasteiger partial charge in [0.15, 0.2) is 0 Å². The molecule has 1 aliphatic rings. The van der Waals surface area contributed by atoms with Crippen LogP contribution in [0.5, 0.6) is 0 Å². The fourth-order valence-corrected chi connectivity index (χ4v) is 2.82. The van der Waals surface area contributed by atoms with Gasteiger partial charge < -0.3 is 5.32 Å². The lowest BCUT2D eigenvalue weighted by Gasteiger charge is -2.40. The third-order valence-electron chi connectivity index (χ3n) is 4.11. The SMILES string of the molecule is O=C(Nc1cccc(F)c1)C1(c2ccccc2F)CCC1. The molecule has 0 radical (unpaired) electrons. The summed E-state index contributed by atoms with van der Waals surface area (Å²) in [6.45, 7) is 0. The van der Waals surface area contributed by atoms with Crippen LogP contribution in [-0.4, -0.2) is 5.91 Å². The molecule has 0 aliphatic heterocycles. The van der Waals surface area contributed by atoms with Crippen molar-refractivity contribution in [2.24, 2.45) is 0 Å². The highest BCUT2D eigenvalue weighted by Gasteiger charge is 2.47. The zero-order chi connectivity index (χ0) is 14.9. The summed E-state index contributed by atoms with van der Waals surface area (Å²) >= 11 is 0. The van der Waals surface area contributed by atoms with E-state index >= 15 is 0 Å². The molecule has 1 N–H and O–H groups in total. The number of anilines is 1. The first-order valence-electron chi connectivity index (χ1n) is 6.94. The number of rotatable bonds is 3. The van der Waals surface area contributed by atoms with E-state index in [0.717, 1.165) is 6.42 Å². The number of hydrogen-bond acceptors (Lipinski definition) is 1. The van der Waals surface area contributed by atoms with Crippen LogP contribution >= 0.6 is 0 Å². The molecule has 0 aromatic heterocycles. The largest absolute Gasteiger partial charge is 0.325 e. The van der Waals surface area contributed by atoms with Crippen LogP contribution < -0.4 is 5.32 Å². The number of carbonyl (C=O) groups is 1. The normalized spacial score (nSPS) is 16.1. The topological polar surface area (TPSA) is 29.1 Å². The van der Waals surface area contributed by atoms with Gasteiger partial charge in [-0.15, -0.1) is 0 Å². The molecule has 0 unspecified atom stereocenters. The molecule has 21 heavy (non-hydrogen) atoms. The van der Waals surface area contributed by atoms with Crippen LogP contribution in [0.15, 0.2) is 48.5 Å². The summed E-state index contributed by atoms with van der Waals surface area (Å²) in [5, 5.41) is 2.71. The van der Waals surface area contributed by atoms with Crippen molar-refractivity contribution >= 4 is 11.6 Å². The van der Waals surface area contributed by atoms with Crippen molar-refractivity contribution in [2.45, 2.75) is 24.7 Å². The van der Waals surface area contributed by atoms with Gasteiger partial charge in [-0.3, -0.25) is 4.79 Å². The fraction of sp³-hybridized carbons (Fsp3) is 0.235. The maximum absolute atomic E-state index is 14.0. The molecule has 1 fully saturated rings. The fourth-order valence-electron chi connectivity index (χ4n) is 2.82. The van der Waals surface area contributed by atoms with Crippen LogP contribution in [0.4, 0.5) is 14.5 Å². The maximum atomic E-state index is 14.0.